The third-order valence-corrected chi connectivity index (χ3v) is 6.91. The summed E-state index contributed by atoms with van der Waals surface area (Å²) in [7, 11) is 0. The summed E-state index contributed by atoms with van der Waals surface area (Å²) in [6.07, 6.45) is 0. The Hall–Kier alpha value is -2.92. The first-order chi connectivity index (χ1) is 14.1. The molecule has 0 unspecified atom stereocenters. The van der Waals surface area contributed by atoms with Crippen molar-refractivity contribution < 1.29 is 4.79 Å². The van der Waals surface area contributed by atoms with Crippen molar-refractivity contribution in [2.45, 2.75) is 13.8 Å². The van der Waals surface area contributed by atoms with Gasteiger partial charge in [-0.2, -0.15) is 0 Å². The first-order valence-corrected chi connectivity index (χ1v) is 10.8. The van der Waals surface area contributed by atoms with Crippen LogP contribution in [-0.4, -0.2) is 42.0 Å². The Morgan fingerprint density at radius 2 is 1.62 bits per heavy atom. The van der Waals surface area contributed by atoms with Gasteiger partial charge < -0.3 is 9.80 Å². The summed E-state index contributed by atoms with van der Waals surface area (Å²) >= 11 is 1.75. The van der Waals surface area contributed by atoms with Gasteiger partial charge in [0, 0.05) is 31.7 Å². The average molecular weight is 402 g/mol. The number of fused-ring (bicyclic) bond motifs is 2. The highest BCUT2D eigenvalue weighted by molar-refractivity contribution is 7.22. The number of hydrogen-bond donors (Lipinski definition) is 0. The molecule has 29 heavy (non-hydrogen) atoms. The Morgan fingerprint density at radius 3 is 2.41 bits per heavy atom. The molecular formula is C24H23N3OS. The maximum Gasteiger partial charge on any atom is 0.253 e. The maximum atomic E-state index is 13.0. The molecule has 2 heterocycles. The van der Waals surface area contributed by atoms with Gasteiger partial charge in [-0.25, -0.2) is 4.98 Å². The van der Waals surface area contributed by atoms with Crippen molar-refractivity contribution in [3.8, 4) is 0 Å². The molecule has 146 valence electrons. The van der Waals surface area contributed by atoms with Crippen LogP contribution in [-0.2, 0) is 0 Å². The second-order valence-electron chi connectivity index (χ2n) is 7.74. The first kappa shape index (κ1) is 18.1. The third-order valence-electron chi connectivity index (χ3n) is 5.83. The van der Waals surface area contributed by atoms with E-state index in [1.165, 1.54) is 15.8 Å². The molecule has 0 N–H and O–H groups in total. The van der Waals surface area contributed by atoms with E-state index in [0.29, 0.717) is 0 Å². The lowest BCUT2D eigenvalue weighted by atomic mass is 10.1. The molecule has 1 fully saturated rings. The normalized spacial score (nSPS) is 14.7. The highest BCUT2D eigenvalue weighted by Crippen LogP contribution is 2.31. The molecule has 0 bridgehead atoms. The van der Waals surface area contributed by atoms with Gasteiger partial charge in [-0.15, -0.1) is 0 Å². The van der Waals surface area contributed by atoms with E-state index in [-0.39, 0.29) is 5.91 Å². The van der Waals surface area contributed by atoms with Gasteiger partial charge in [0.1, 0.15) is 0 Å². The van der Waals surface area contributed by atoms with Crippen LogP contribution in [0.25, 0.3) is 21.0 Å². The molecule has 4 aromatic rings. The Balaban J connectivity index is 1.31. The average Bonchev–Trinajstić information content (AvgIpc) is 3.16. The van der Waals surface area contributed by atoms with Crippen molar-refractivity contribution in [2.24, 2.45) is 0 Å². The predicted octanol–water partition coefficient (Wildman–Crippen LogP) is 5.03. The molecule has 1 aliphatic rings. The number of carbonyl (C=O) groups excluding carboxylic acids is 1. The second-order valence-corrected chi connectivity index (χ2v) is 8.75. The Morgan fingerprint density at radius 1 is 0.897 bits per heavy atom. The van der Waals surface area contributed by atoms with Crippen LogP contribution in [0.2, 0.25) is 0 Å². The molecule has 4 nitrogen and oxygen atoms in total. The molecule has 0 atom stereocenters. The van der Waals surface area contributed by atoms with E-state index in [0.717, 1.165) is 53.2 Å². The van der Waals surface area contributed by atoms with Gasteiger partial charge in [0.2, 0.25) is 0 Å². The van der Waals surface area contributed by atoms with Crippen molar-refractivity contribution >= 4 is 43.4 Å². The van der Waals surface area contributed by atoms with E-state index in [2.05, 4.69) is 43.0 Å². The van der Waals surface area contributed by atoms with E-state index >= 15 is 0 Å². The number of aryl methyl sites for hydroxylation is 2. The summed E-state index contributed by atoms with van der Waals surface area (Å²) in [4.78, 5) is 22.1. The van der Waals surface area contributed by atoms with E-state index < -0.39 is 0 Å². The lowest BCUT2D eigenvalue weighted by Gasteiger charge is -2.34. The second kappa shape index (κ2) is 7.16. The van der Waals surface area contributed by atoms with Crippen molar-refractivity contribution in [1.29, 1.82) is 0 Å². The van der Waals surface area contributed by atoms with Crippen molar-refractivity contribution in [1.82, 2.24) is 9.88 Å². The largest absolute Gasteiger partial charge is 0.345 e. The van der Waals surface area contributed by atoms with Crippen molar-refractivity contribution in [3.05, 3.63) is 71.3 Å². The van der Waals surface area contributed by atoms with Gasteiger partial charge in [-0.1, -0.05) is 41.7 Å². The summed E-state index contributed by atoms with van der Waals surface area (Å²) in [5.41, 5.74) is 4.42. The molecule has 1 aromatic heterocycles. The third kappa shape index (κ3) is 3.36. The van der Waals surface area contributed by atoms with Gasteiger partial charge >= 0.3 is 0 Å². The molecule has 1 aliphatic heterocycles. The van der Waals surface area contributed by atoms with E-state index in [1.54, 1.807) is 11.3 Å². The van der Waals surface area contributed by atoms with Crippen LogP contribution < -0.4 is 4.90 Å². The zero-order chi connectivity index (χ0) is 20.0. The minimum absolute atomic E-state index is 0.117. The van der Waals surface area contributed by atoms with Gasteiger partial charge in [0.25, 0.3) is 5.91 Å². The molecule has 1 amide bonds. The lowest BCUT2D eigenvalue weighted by Crippen LogP contribution is -2.48. The molecule has 0 aliphatic carbocycles. The van der Waals surface area contributed by atoms with Gasteiger partial charge in [0.05, 0.1) is 10.2 Å². The molecule has 1 saturated heterocycles. The molecule has 0 saturated carbocycles. The van der Waals surface area contributed by atoms with Crippen LogP contribution >= 0.6 is 11.3 Å². The Bertz CT molecular complexity index is 1180. The number of piperazine rings is 1. The number of thiazole rings is 1. The predicted molar refractivity (Wildman–Crippen MR) is 121 cm³/mol. The number of anilines is 1. The molecule has 0 spiro atoms. The fourth-order valence-corrected chi connectivity index (χ4v) is 5.01. The fourth-order valence-electron chi connectivity index (χ4n) is 3.91. The number of aromatic nitrogens is 1. The maximum absolute atomic E-state index is 13.0. The Labute approximate surface area is 174 Å². The van der Waals surface area contributed by atoms with Crippen LogP contribution in [0.1, 0.15) is 21.5 Å². The standard InChI is InChI=1S/C24H23N3OS/c1-16-13-21-22(14-17(16)2)29-24(25-21)27-11-9-26(10-12-27)23(28)20-8-7-18-5-3-4-6-19(18)15-20/h3-8,13-15H,9-12H2,1-2H3. The number of benzene rings is 3. The molecule has 0 radical (unpaired) electrons. The van der Waals surface area contributed by atoms with Gasteiger partial charge in [-0.3, -0.25) is 4.79 Å². The number of nitrogens with zero attached hydrogens (tertiary/aromatic N) is 3. The van der Waals surface area contributed by atoms with Gasteiger partial charge in [-0.05, 0) is 60.0 Å². The smallest absolute Gasteiger partial charge is 0.253 e. The van der Waals surface area contributed by atoms with Gasteiger partial charge in [0.15, 0.2) is 5.13 Å². The summed E-state index contributed by atoms with van der Waals surface area (Å²) in [5.74, 6) is 0.117. The van der Waals surface area contributed by atoms with E-state index in [4.69, 9.17) is 4.98 Å². The SMILES string of the molecule is Cc1cc2nc(N3CCN(C(=O)c4ccc5ccccc5c4)CC3)sc2cc1C. The van der Waals surface area contributed by atoms with Crippen LogP contribution in [0.4, 0.5) is 5.13 Å². The van der Waals surface area contributed by atoms with Crippen LogP contribution in [0.5, 0.6) is 0 Å². The topological polar surface area (TPSA) is 36.4 Å². The quantitative estimate of drug-likeness (QED) is 0.473. The van der Waals surface area contributed by atoms with Crippen LogP contribution in [0.15, 0.2) is 54.6 Å². The fraction of sp³-hybridized carbons (Fsp3) is 0.250. The zero-order valence-corrected chi connectivity index (χ0v) is 17.5. The van der Waals surface area contributed by atoms with E-state index in [1.807, 2.05) is 35.2 Å². The molecular weight excluding hydrogens is 378 g/mol. The Kier molecular flexibility index (Phi) is 4.47. The number of rotatable bonds is 2. The number of amides is 1. The molecule has 3 aromatic carbocycles. The summed E-state index contributed by atoms with van der Waals surface area (Å²) in [6, 6.07) is 18.5. The van der Waals surface area contributed by atoms with Crippen LogP contribution in [0.3, 0.4) is 0 Å². The summed E-state index contributed by atoms with van der Waals surface area (Å²) < 4.78 is 1.23. The van der Waals surface area contributed by atoms with Crippen molar-refractivity contribution in [3.63, 3.8) is 0 Å². The minimum Gasteiger partial charge on any atom is -0.345 e. The molecule has 5 heteroatoms. The number of hydrogen-bond acceptors (Lipinski definition) is 4. The highest BCUT2D eigenvalue weighted by Gasteiger charge is 2.24. The monoisotopic (exact) mass is 401 g/mol. The summed E-state index contributed by atoms with van der Waals surface area (Å²) in [5, 5.41) is 3.33. The highest BCUT2D eigenvalue weighted by atomic mass is 32.1. The lowest BCUT2D eigenvalue weighted by molar-refractivity contribution is 0.0747. The van der Waals surface area contributed by atoms with E-state index in [9.17, 15) is 4.79 Å². The minimum atomic E-state index is 0.117. The van der Waals surface area contributed by atoms with Crippen LogP contribution in [0, 0.1) is 13.8 Å². The zero-order valence-electron chi connectivity index (χ0n) is 16.7. The molecule has 5 rings (SSSR count). The summed E-state index contributed by atoms with van der Waals surface area (Å²) in [6.45, 7) is 7.35. The van der Waals surface area contributed by atoms with Crippen molar-refractivity contribution in [2.75, 3.05) is 31.1 Å². The number of carbonyl (C=O) groups is 1. The first-order valence-electron chi connectivity index (χ1n) is 9.99.